The molecule has 1 aromatic carbocycles. The molecule has 1 aromatic heterocycles. The lowest BCUT2D eigenvalue weighted by Gasteiger charge is -2.07. The highest BCUT2D eigenvalue weighted by Crippen LogP contribution is 2.30. The summed E-state index contributed by atoms with van der Waals surface area (Å²) in [5.74, 6) is 0.673. The Bertz CT molecular complexity index is 578. The summed E-state index contributed by atoms with van der Waals surface area (Å²) in [5, 5.41) is 9.00. The summed E-state index contributed by atoms with van der Waals surface area (Å²) in [5.41, 5.74) is -0.213. The summed E-state index contributed by atoms with van der Waals surface area (Å²) in [6.07, 6.45) is -2.69. The van der Waals surface area contributed by atoms with Crippen molar-refractivity contribution in [2.24, 2.45) is 0 Å². The van der Waals surface area contributed by atoms with Gasteiger partial charge in [0.05, 0.1) is 18.4 Å². The number of aliphatic hydroxyl groups is 1. The second-order valence-corrected chi connectivity index (χ2v) is 4.61. The predicted octanol–water partition coefficient (Wildman–Crippen LogP) is 3.38. The largest absolute Gasteiger partial charge is 0.445 e. The first-order valence-electron chi connectivity index (χ1n) is 6.11. The molecule has 1 atom stereocenters. The number of oxazole rings is 1. The maximum Gasteiger partial charge on any atom is 0.416 e. The monoisotopic (exact) mass is 285 g/mol. The molecule has 0 fully saturated rings. The standard InChI is InChI=1S/C14H14F3NO2/c1-9(8-19)12-7-18-13(20-12)6-10-3-2-4-11(5-10)14(15,16)17/h2-5,7,9,19H,6,8H2,1H3. The smallest absolute Gasteiger partial charge is 0.416 e. The highest BCUT2D eigenvalue weighted by Gasteiger charge is 2.30. The van der Waals surface area contributed by atoms with Gasteiger partial charge in [-0.25, -0.2) is 4.98 Å². The van der Waals surface area contributed by atoms with Gasteiger partial charge < -0.3 is 9.52 Å². The SMILES string of the molecule is CC(CO)c1cnc(Cc2cccc(C(F)(F)F)c2)o1. The summed E-state index contributed by atoms with van der Waals surface area (Å²) >= 11 is 0. The van der Waals surface area contributed by atoms with Gasteiger partial charge in [-0.1, -0.05) is 25.1 Å². The number of halogens is 3. The lowest BCUT2D eigenvalue weighted by molar-refractivity contribution is -0.137. The quantitative estimate of drug-likeness (QED) is 0.936. The Morgan fingerprint density at radius 1 is 1.35 bits per heavy atom. The topological polar surface area (TPSA) is 46.3 Å². The van der Waals surface area contributed by atoms with Gasteiger partial charge in [-0.2, -0.15) is 13.2 Å². The average Bonchev–Trinajstić information content (AvgIpc) is 2.85. The van der Waals surface area contributed by atoms with E-state index < -0.39 is 11.7 Å². The van der Waals surface area contributed by atoms with Crippen LogP contribution in [0.25, 0.3) is 0 Å². The van der Waals surface area contributed by atoms with Crippen molar-refractivity contribution in [3.8, 4) is 0 Å². The lowest BCUT2D eigenvalue weighted by Crippen LogP contribution is -2.05. The van der Waals surface area contributed by atoms with E-state index in [1.165, 1.54) is 12.3 Å². The normalized spacial score (nSPS) is 13.4. The number of aliphatic hydroxyl groups excluding tert-OH is 1. The molecule has 108 valence electrons. The molecular weight excluding hydrogens is 271 g/mol. The van der Waals surface area contributed by atoms with Gasteiger partial charge in [0, 0.05) is 12.3 Å². The fourth-order valence-corrected chi connectivity index (χ4v) is 1.76. The van der Waals surface area contributed by atoms with Crippen molar-refractivity contribution in [3.63, 3.8) is 0 Å². The number of hydrogen-bond acceptors (Lipinski definition) is 3. The molecule has 1 N–H and O–H groups in total. The van der Waals surface area contributed by atoms with E-state index in [1.807, 2.05) is 0 Å². The Morgan fingerprint density at radius 3 is 2.75 bits per heavy atom. The Kier molecular flexibility index (Phi) is 4.13. The van der Waals surface area contributed by atoms with Crippen molar-refractivity contribution < 1.29 is 22.7 Å². The molecule has 0 amide bonds. The van der Waals surface area contributed by atoms with Crippen LogP contribution in [0.3, 0.4) is 0 Å². The molecule has 2 aromatic rings. The molecular formula is C14H14F3NO2. The Morgan fingerprint density at radius 2 is 2.10 bits per heavy atom. The minimum Gasteiger partial charge on any atom is -0.445 e. The second kappa shape index (κ2) is 5.66. The minimum atomic E-state index is -4.36. The first kappa shape index (κ1) is 14.6. The Hall–Kier alpha value is -1.82. The minimum absolute atomic E-state index is 0.0712. The van der Waals surface area contributed by atoms with Crippen molar-refractivity contribution in [1.82, 2.24) is 4.98 Å². The zero-order valence-corrected chi connectivity index (χ0v) is 10.8. The summed E-state index contributed by atoms with van der Waals surface area (Å²) in [4.78, 5) is 4.01. The molecule has 20 heavy (non-hydrogen) atoms. The Balaban J connectivity index is 2.16. The predicted molar refractivity (Wildman–Crippen MR) is 66.3 cm³/mol. The fraction of sp³-hybridized carbons (Fsp3) is 0.357. The molecule has 6 heteroatoms. The van der Waals surface area contributed by atoms with E-state index in [9.17, 15) is 13.2 Å². The zero-order chi connectivity index (χ0) is 14.8. The Labute approximate surface area is 114 Å². The highest BCUT2D eigenvalue weighted by atomic mass is 19.4. The molecule has 0 saturated heterocycles. The molecule has 0 aliphatic rings. The van der Waals surface area contributed by atoms with Crippen LogP contribution in [0.1, 0.15) is 35.6 Å². The molecule has 0 spiro atoms. The molecule has 3 nitrogen and oxygen atoms in total. The first-order chi connectivity index (χ1) is 9.40. The number of alkyl halides is 3. The van der Waals surface area contributed by atoms with Crippen LogP contribution in [0.4, 0.5) is 13.2 Å². The summed E-state index contributed by atoms with van der Waals surface area (Å²) in [6.45, 7) is 1.70. The van der Waals surface area contributed by atoms with E-state index in [0.29, 0.717) is 17.2 Å². The first-order valence-corrected chi connectivity index (χ1v) is 6.11. The van der Waals surface area contributed by atoms with Gasteiger partial charge in [0.15, 0.2) is 5.89 Å². The van der Waals surface area contributed by atoms with E-state index >= 15 is 0 Å². The van der Waals surface area contributed by atoms with Crippen LogP contribution in [-0.4, -0.2) is 16.7 Å². The molecule has 0 aliphatic carbocycles. The van der Waals surface area contributed by atoms with Crippen LogP contribution in [-0.2, 0) is 12.6 Å². The number of hydrogen-bond donors (Lipinski definition) is 1. The van der Waals surface area contributed by atoms with E-state index in [1.54, 1.807) is 13.0 Å². The van der Waals surface area contributed by atoms with E-state index in [-0.39, 0.29) is 18.9 Å². The van der Waals surface area contributed by atoms with Gasteiger partial charge in [-0.15, -0.1) is 0 Å². The van der Waals surface area contributed by atoms with Crippen LogP contribution in [0.5, 0.6) is 0 Å². The van der Waals surface area contributed by atoms with Crippen LogP contribution in [0.2, 0.25) is 0 Å². The summed E-state index contributed by atoms with van der Waals surface area (Å²) < 4.78 is 43.2. The molecule has 1 heterocycles. The molecule has 1 unspecified atom stereocenters. The van der Waals surface area contributed by atoms with Gasteiger partial charge in [0.1, 0.15) is 5.76 Å². The van der Waals surface area contributed by atoms with E-state index in [0.717, 1.165) is 12.1 Å². The molecule has 0 radical (unpaired) electrons. The molecule has 0 saturated carbocycles. The number of nitrogens with zero attached hydrogens (tertiary/aromatic N) is 1. The van der Waals surface area contributed by atoms with Gasteiger partial charge >= 0.3 is 6.18 Å². The van der Waals surface area contributed by atoms with Crippen molar-refractivity contribution in [2.75, 3.05) is 6.61 Å². The number of aromatic nitrogens is 1. The van der Waals surface area contributed by atoms with Gasteiger partial charge in [0.25, 0.3) is 0 Å². The summed E-state index contributed by atoms with van der Waals surface area (Å²) in [7, 11) is 0. The van der Waals surface area contributed by atoms with Crippen molar-refractivity contribution in [3.05, 3.63) is 53.2 Å². The van der Waals surface area contributed by atoms with Crippen LogP contribution in [0, 0.1) is 0 Å². The summed E-state index contributed by atoms with van der Waals surface area (Å²) in [6, 6.07) is 5.06. The molecule has 0 aliphatic heterocycles. The third kappa shape index (κ3) is 3.39. The average molecular weight is 285 g/mol. The molecule has 2 rings (SSSR count). The maximum absolute atomic E-state index is 12.6. The van der Waals surface area contributed by atoms with Crippen LogP contribution in [0.15, 0.2) is 34.9 Å². The van der Waals surface area contributed by atoms with Gasteiger partial charge in [-0.3, -0.25) is 0 Å². The molecule has 0 bridgehead atoms. The van der Waals surface area contributed by atoms with Gasteiger partial charge in [-0.05, 0) is 11.6 Å². The van der Waals surface area contributed by atoms with Crippen molar-refractivity contribution >= 4 is 0 Å². The number of rotatable bonds is 4. The van der Waals surface area contributed by atoms with Crippen molar-refractivity contribution in [2.45, 2.75) is 25.4 Å². The van der Waals surface area contributed by atoms with Crippen LogP contribution < -0.4 is 0 Å². The third-order valence-electron chi connectivity index (χ3n) is 2.94. The zero-order valence-electron chi connectivity index (χ0n) is 10.8. The second-order valence-electron chi connectivity index (χ2n) is 4.61. The van der Waals surface area contributed by atoms with Crippen LogP contribution >= 0.6 is 0 Å². The lowest BCUT2D eigenvalue weighted by atomic mass is 10.1. The van der Waals surface area contributed by atoms with E-state index in [2.05, 4.69) is 4.98 Å². The maximum atomic E-state index is 12.6. The van der Waals surface area contributed by atoms with Gasteiger partial charge in [0.2, 0.25) is 0 Å². The number of benzene rings is 1. The van der Waals surface area contributed by atoms with Crippen molar-refractivity contribution in [1.29, 1.82) is 0 Å². The third-order valence-corrected chi connectivity index (χ3v) is 2.94. The fourth-order valence-electron chi connectivity index (χ4n) is 1.76. The highest BCUT2D eigenvalue weighted by molar-refractivity contribution is 5.27. The van der Waals surface area contributed by atoms with E-state index in [4.69, 9.17) is 9.52 Å².